The van der Waals surface area contributed by atoms with Gasteiger partial charge in [0.1, 0.15) is 18.1 Å². The summed E-state index contributed by atoms with van der Waals surface area (Å²) in [7, 11) is 0. The number of benzene rings is 2. The van der Waals surface area contributed by atoms with E-state index in [2.05, 4.69) is 4.98 Å². The average Bonchev–Trinajstić information content (AvgIpc) is 2.86. The SMILES string of the molecule is CCOc1ccccc1Oc1c(C(F)(F)F)oc2c3c(ccc2c1=O)OCN(Cc1ccccn1)C3. The molecule has 36 heavy (non-hydrogen) atoms. The second-order valence-electron chi connectivity index (χ2n) is 8.07. The Hall–Kier alpha value is -4.05. The first-order valence-electron chi connectivity index (χ1n) is 11.2. The van der Waals surface area contributed by atoms with Crippen molar-refractivity contribution in [2.24, 2.45) is 0 Å². The molecule has 0 aliphatic carbocycles. The van der Waals surface area contributed by atoms with Crippen LogP contribution in [0.25, 0.3) is 11.0 Å². The van der Waals surface area contributed by atoms with Crippen molar-refractivity contribution in [3.05, 3.63) is 88.0 Å². The lowest BCUT2D eigenvalue weighted by Gasteiger charge is -2.29. The summed E-state index contributed by atoms with van der Waals surface area (Å²) in [6.07, 6.45) is -3.33. The molecule has 2 aromatic heterocycles. The first-order valence-corrected chi connectivity index (χ1v) is 11.2. The fourth-order valence-corrected chi connectivity index (χ4v) is 4.01. The summed E-state index contributed by atoms with van der Waals surface area (Å²) in [5.74, 6) is -1.95. The molecule has 0 atom stereocenters. The summed E-state index contributed by atoms with van der Waals surface area (Å²) in [6.45, 7) is 2.81. The van der Waals surface area contributed by atoms with Crippen molar-refractivity contribution in [1.82, 2.24) is 9.88 Å². The smallest absolute Gasteiger partial charge is 0.453 e. The van der Waals surface area contributed by atoms with Gasteiger partial charge in [-0.05, 0) is 43.3 Å². The van der Waals surface area contributed by atoms with Gasteiger partial charge in [0.25, 0.3) is 5.76 Å². The molecule has 0 radical (unpaired) electrons. The zero-order chi connectivity index (χ0) is 25.3. The summed E-state index contributed by atoms with van der Waals surface area (Å²) in [4.78, 5) is 19.5. The highest BCUT2D eigenvalue weighted by Gasteiger charge is 2.41. The number of rotatable bonds is 6. The Morgan fingerprint density at radius 2 is 1.83 bits per heavy atom. The van der Waals surface area contributed by atoms with Crippen molar-refractivity contribution >= 4 is 11.0 Å². The molecule has 0 amide bonds. The minimum absolute atomic E-state index is 0.0284. The number of aromatic nitrogens is 1. The number of para-hydroxylation sites is 2. The first-order chi connectivity index (χ1) is 17.3. The lowest BCUT2D eigenvalue weighted by molar-refractivity contribution is -0.154. The molecule has 0 N–H and O–H groups in total. The second-order valence-corrected chi connectivity index (χ2v) is 8.07. The normalized spacial score (nSPS) is 13.8. The van der Waals surface area contributed by atoms with E-state index < -0.39 is 23.1 Å². The van der Waals surface area contributed by atoms with Crippen LogP contribution in [-0.4, -0.2) is 23.2 Å². The molecule has 4 aromatic rings. The average molecular weight is 498 g/mol. The number of ether oxygens (including phenoxy) is 3. The predicted molar refractivity (Wildman–Crippen MR) is 124 cm³/mol. The van der Waals surface area contributed by atoms with Crippen LogP contribution in [0.4, 0.5) is 13.2 Å². The highest BCUT2D eigenvalue weighted by atomic mass is 19.4. The molecule has 0 spiro atoms. The minimum Gasteiger partial charge on any atom is -0.490 e. The zero-order valence-electron chi connectivity index (χ0n) is 19.2. The van der Waals surface area contributed by atoms with Gasteiger partial charge in [-0.2, -0.15) is 13.2 Å². The molecule has 5 rings (SSSR count). The number of hydrogen-bond acceptors (Lipinski definition) is 7. The van der Waals surface area contributed by atoms with Crippen LogP contribution in [0.5, 0.6) is 23.0 Å². The summed E-state index contributed by atoms with van der Waals surface area (Å²) in [6, 6.07) is 14.6. The van der Waals surface area contributed by atoms with Crippen LogP contribution in [0, 0.1) is 0 Å². The maximum atomic E-state index is 14.1. The molecule has 1 aliphatic heterocycles. The van der Waals surface area contributed by atoms with Crippen LogP contribution >= 0.6 is 0 Å². The monoisotopic (exact) mass is 498 g/mol. The fourth-order valence-electron chi connectivity index (χ4n) is 4.01. The number of halogens is 3. The van der Waals surface area contributed by atoms with Crippen molar-refractivity contribution in [2.75, 3.05) is 13.3 Å². The molecule has 186 valence electrons. The molecule has 10 heteroatoms. The third kappa shape index (κ3) is 4.59. The standard InChI is InChI=1S/C26H21F3N2O5/c1-2-33-20-8-3-4-9-21(20)35-24-22(32)17-10-11-19-18(23(17)36-25(24)26(27,28)29)14-31(15-34-19)13-16-7-5-6-12-30-16/h3-12H,2,13-15H2,1H3. The topological polar surface area (TPSA) is 74.0 Å². The number of hydrogen-bond donors (Lipinski definition) is 0. The van der Waals surface area contributed by atoms with Crippen LogP contribution in [0.1, 0.15) is 23.9 Å². The van der Waals surface area contributed by atoms with E-state index in [0.717, 1.165) is 5.69 Å². The molecule has 1 aliphatic rings. The van der Waals surface area contributed by atoms with E-state index in [-0.39, 0.29) is 42.4 Å². The fraction of sp³-hybridized carbons (Fsp3) is 0.231. The lowest BCUT2D eigenvalue weighted by atomic mass is 10.1. The third-order valence-electron chi connectivity index (χ3n) is 5.59. The van der Waals surface area contributed by atoms with Gasteiger partial charge in [0.2, 0.25) is 11.2 Å². The van der Waals surface area contributed by atoms with Crippen molar-refractivity contribution < 1.29 is 31.8 Å². The zero-order valence-corrected chi connectivity index (χ0v) is 19.2. The van der Waals surface area contributed by atoms with E-state index in [4.69, 9.17) is 18.6 Å². The molecule has 7 nitrogen and oxygen atoms in total. The highest BCUT2D eigenvalue weighted by Crippen LogP contribution is 2.42. The number of alkyl halides is 3. The Bertz CT molecular complexity index is 1450. The van der Waals surface area contributed by atoms with E-state index in [0.29, 0.717) is 17.9 Å². The molecule has 0 unspecified atom stereocenters. The molecule has 2 aromatic carbocycles. The molecule has 0 saturated carbocycles. The Labute approximate surface area is 203 Å². The maximum absolute atomic E-state index is 14.1. The Morgan fingerprint density at radius 3 is 2.56 bits per heavy atom. The molecular formula is C26H21F3N2O5. The van der Waals surface area contributed by atoms with Gasteiger partial charge in [0.05, 0.1) is 23.3 Å². The quantitative estimate of drug-likeness (QED) is 0.335. The van der Waals surface area contributed by atoms with Crippen molar-refractivity contribution in [1.29, 1.82) is 0 Å². The van der Waals surface area contributed by atoms with Gasteiger partial charge in [-0.25, -0.2) is 0 Å². The van der Waals surface area contributed by atoms with Crippen molar-refractivity contribution in [3.63, 3.8) is 0 Å². The van der Waals surface area contributed by atoms with Crippen LogP contribution in [0.15, 0.2) is 70.0 Å². The molecule has 0 bridgehead atoms. The largest absolute Gasteiger partial charge is 0.490 e. The Balaban J connectivity index is 1.60. The van der Waals surface area contributed by atoms with Gasteiger partial charge in [0, 0.05) is 19.3 Å². The number of pyridine rings is 1. The van der Waals surface area contributed by atoms with Crippen LogP contribution < -0.4 is 19.6 Å². The summed E-state index contributed by atoms with van der Waals surface area (Å²) < 4.78 is 64.4. The van der Waals surface area contributed by atoms with Crippen LogP contribution in [0.3, 0.4) is 0 Å². The molecule has 3 heterocycles. The second kappa shape index (κ2) is 9.54. The van der Waals surface area contributed by atoms with Gasteiger partial charge >= 0.3 is 6.18 Å². The summed E-state index contributed by atoms with van der Waals surface area (Å²) >= 11 is 0. The Kier molecular flexibility index (Phi) is 6.27. The van der Waals surface area contributed by atoms with E-state index in [1.54, 1.807) is 43.5 Å². The third-order valence-corrected chi connectivity index (χ3v) is 5.59. The molecule has 0 fully saturated rings. The van der Waals surface area contributed by atoms with Gasteiger partial charge in [-0.1, -0.05) is 18.2 Å². The molecular weight excluding hydrogens is 477 g/mol. The Morgan fingerprint density at radius 1 is 1.06 bits per heavy atom. The van der Waals surface area contributed by atoms with Crippen molar-refractivity contribution in [2.45, 2.75) is 26.2 Å². The first kappa shape index (κ1) is 23.7. The van der Waals surface area contributed by atoms with Gasteiger partial charge in [-0.3, -0.25) is 14.7 Å². The van der Waals surface area contributed by atoms with Gasteiger partial charge in [-0.15, -0.1) is 0 Å². The molecule has 0 saturated heterocycles. The summed E-state index contributed by atoms with van der Waals surface area (Å²) in [5, 5.41) is -0.0473. The minimum atomic E-state index is -4.99. The lowest BCUT2D eigenvalue weighted by Crippen LogP contribution is -2.32. The van der Waals surface area contributed by atoms with E-state index in [1.165, 1.54) is 12.1 Å². The van der Waals surface area contributed by atoms with Gasteiger partial charge < -0.3 is 18.6 Å². The van der Waals surface area contributed by atoms with Crippen molar-refractivity contribution in [3.8, 4) is 23.0 Å². The summed E-state index contributed by atoms with van der Waals surface area (Å²) in [5.41, 5.74) is -0.0232. The predicted octanol–water partition coefficient (Wildman–Crippen LogP) is 5.75. The number of nitrogens with zero attached hydrogens (tertiary/aromatic N) is 2. The number of fused-ring (bicyclic) bond motifs is 3. The maximum Gasteiger partial charge on any atom is 0.453 e. The van der Waals surface area contributed by atoms with Crippen LogP contribution in [-0.2, 0) is 19.3 Å². The van der Waals surface area contributed by atoms with Gasteiger partial charge in [0.15, 0.2) is 11.5 Å². The van der Waals surface area contributed by atoms with E-state index in [9.17, 15) is 18.0 Å². The van der Waals surface area contributed by atoms with Crippen LogP contribution in [0.2, 0.25) is 0 Å². The highest BCUT2D eigenvalue weighted by molar-refractivity contribution is 5.84. The van der Waals surface area contributed by atoms with E-state index in [1.807, 2.05) is 17.0 Å². The van der Waals surface area contributed by atoms with E-state index >= 15 is 0 Å².